The molecule has 144 valence electrons. The Kier molecular flexibility index (Phi) is 5.53. The Bertz CT molecular complexity index is 952. The number of methoxy groups -OCH3 is 1. The van der Waals surface area contributed by atoms with E-state index < -0.39 is 10.0 Å². The second kappa shape index (κ2) is 7.70. The Morgan fingerprint density at radius 3 is 2.52 bits per heavy atom. The molecule has 2 aromatic carbocycles. The van der Waals surface area contributed by atoms with E-state index in [1.54, 1.807) is 41.3 Å². The van der Waals surface area contributed by atoms with E-state index in [-0.39, 0.29) is 10.8 Å². The second-order valence-electron chi connectivity index (χ2n) is 6.29. The molecule has 0 saturated heterocycles. The Morgan fingerprint density at radius 2 is 1.85 bits per heavy atom. The number of anilines is 1. The molecule has 0 aromatic heterocycles. The smallest absolute Gasteiger partial charge is 0.262 e. The van der Waals surface area contributed by atoms with Crippen molar-refractivity contribution in [3.63, 3.8) is 0 Å². The van der Waals surface area contributed by atoms with Crippen LogP contribution in [0.2, 0.25) is 0 Å². The Labute approximate surface area is 160 Å². The molecule has 7 heteroatoms. The molecule has 0 bridgehead atoms. The number of para-hydroxylation sites is 1. The summed E-state index contributed by atoms with van der Waals surface area (Å²) in [5, 5.41) is 0. The lowest BCUT2D eigenvalue weighted by molar-refractivity contribution is 0.0986. The van der Waals surface area contributed by atoms with E-state index in [4.69, 9.17) is 4.74 Å². The lowest BCUT2D eigenvalue weighted by atomic mass is 10.1. The molecule has 1 aliphatic rings. The van der Waals surface area contributed by atoms with Gasteiger partial charge in [-0.1, -0.05) is 26.0 Å². The van der Waals surface area contributed by atoms with E-state index in [1.165, 1.54) is 11.4 Å². The molecule has 6 nitrogen and oxygen atoms in total. The van der Waals surface area contributed by atoms with Crippen molar-refractivity contribution in [3.8, 4) is 5.75 Å². The first-order chi connectivity index (χ1) is 12.9. The second-order valence-corrected chi connectivity index (χ2v) is 8.22. The average molecular weight is 388 g/mol. The van der Waals surface area contributed by atoms with Gasteiger partial charge in [0.25, 0.3) is 5.91 Å². The number of hydrogen-bond acceptors (Lipinski definition) is 4. The van der Waals surface area contributed by atoms with Gasteiger partial charge in [0.15, 0.2) is 0 Å². The number of amides is 1. The normalized spacial score (nSPS) is 13.7. The SMILES string of the molecule is CCN(CC)S(=O)(=O)c1ccc2c(c1)CCN2C(=O)c1ccccc1OC. The monoisotopic (exact) mass is 388 g/mol. The van der Waals surface area contributed by atoms with Crippen LogP contribution in [0.25, 0.3) is 0 Å². The first kappa shape index (κ1) is 19.4. The highest BCUT2D eigenvalue weighted by molar-refractivity contribution is 7.89. The summed E-state index contributed by atoms with van der Waals surface area (Å²) >= 11 is 0. The molecule has 27 heavy (non-hydrogen) atoms. The molecule has 0 fully saturated rings. The van der Waals surface area contributed by atoms with E-state index in [1.807, 2.05) is 19.9 Å². The van der Waals surface area contributed by atoms with Gasteiger partial charge in [-0.3, -0.25) is 4.79 Å². The van der Waals surface area contributed by atoms with E-state index in [0.29, 0.717) is 37.4 Å². The predicted molar refractivity (Wildman–Crippen MR) is 105 cm³/mol. The number of carbonyl (C=O) groups excluding carboxylic acids is 1. The molecular formula is C20H24N2O4S. The summed E-state index contributed by atoms with van der Waals surface area (Å²) in [5.41, 5.74) is 2.11. The number of benzene rings is 2. The van der Waals surface area contributed by atoms with E-state index in [9.17, 15) is 13.2 Å². The Hall–Kier alpha value is -2.38. The Morgan fingerprint density at radius 1 is 1.15 bits per heavy atom. The van der Waals surface area contributed by atoms with Crippen LogP contribution in [0.15, 0.2) is 47.4 Å². The highest BCUT2D eigenvalue weighted by Gasteiger charge is 2.29. The van der Waals surface area contributed by atoms with Gasteiger partial charge in [-0.2, -0.15) is 4.31 Å². The molecule has 0 unspecified atom stereocenters. The van der Waals surface area contributed by atoms with E-state index in [2.05, 4.69) is 0 Å². The van der Waals surface area contributed by atoms with Crippen LogP contribution in [0.1, 0.15) is 29.8 Å². The highest BCUT2D eigenvalue weighted by atomic mass is 32.2. The summed E-state index contributed by atoms with van der Waals surface area (Å²) in [6, 6.07) is 12.1. The van der Waals surface area contributed by atoms with Crippen LogP contribution in [0, 0.1) is 0 Å². The molecule has 0 saturated carbocycles. The van der Waals surface area contributed by atoms with Gasteiger partial charge in [0.2, 0.25) is 10.0 Å². The van der Waals surface area contributed by atoms with Crippen LogP contribution in [0.4, 0.5) is 5.69 Å². The van der Waals surface area contributed by atoms with Crippen LogP contribution in [-0.4, -0.2) is 45.4 Å². The quantitative estimate of drug-likeness (QED) is 0.763. The molecule has 0 atom stereocenters. The minimum atomic E-state index is -3.51. The van der Waals surface area contributed by atoms with Crippen molar-refractivity contribution in [1.29, 1.82) is 0 Å². The van der Waals surface area contributed by atoms with Crippen molar-refractivity contribution < 1.29 is 17.9 Å². The third-order valence-corrected chi connectivity index (χ3v) is 6.92. The molecule has 0 radical (unpaired) electrons. The fourth-order valence-electron chi connectivity index (χ4n) is 3.43. The van der Waals surface area contributed by atoms with Gasteiger partial charge in [0.05, 0.1) is 17.6 Å². The number of carbonyl (C=O) groups is 1. The predicted octanol–water partition coefficient (Wildman–Crippen LogP) is 2.93. The molecule has 2 aromatic rings. The van der Waals surface area contributed by atoms with Crippen molar-refractivity contribution in [1.82, 2.24) is 4.31 Å². The number of nitrogens with zero attached hydrogens (tertiary/aromatic N) is 2. The fourth-order valence-corrected chi connectivity index (χ4v) is 4.94. The highest BCUT2D eigenvalue weighted by Crippen LogP contribution is 2.33. The minimum Gasteiger partial charge on any atom is -0.496 e. The molecule has 0 aliphatic carbocycles. The Balaban J connectivity index is 1.94. The van der Waals surface area contributed by atoms with Crippen LogP contribution in [-0.2, 0) is 16.4 Å². The van der Waals surface area contributed by atoms with E-state index in [0.717, 1.165) is 11.3 Å². The minimum absolute atomic E-state index is 0.148. The van der Waals surface area contributed by atoms with Crippen LogP contribution < -0.4 is 9.64 Å². The number of sulfonamides is 1. The molecule has 0 N–H and O–H groups in total. The van der Waals surface area contributed by atoms with Gasteiger partial charge in [0.1, 0.15) is 5.75 Å². The van der Waals surface area contributed by atoms with Crippen molar-refractivity contribution in [3.05, 3.63) is 53.6 Å². The van der Waals surface area contributed by atoms with Gasteiger partial charge in [-0.15, -0.1) is 0 Å². The molecule has 0 spiro atoms. The maximum Gasteiger partial charge on any atom is 0.262 e. The zero-order chi connectivity index (χ0) is 19.6. The van der Waals surface area contributed by atoms with Crippen molar-refractivity contribution >= 4 is 21.6 Å². The fraction of sp³-hybridized carbons (Fsp3) is 0.350. The van der Waals surface area contributed by atoms with Gasteiger partial charge < -0.3 is 9.64 Å². The largest absolute Gasteiger partial charge is 0.496 e. The van der Waals surface area contributed by atoms with Gasteiger partial charge in [-0.05, 0) is 42.3 Å². The summed E-state index contributed by atoms with van der Waals surface area (Å²) in [7, 11) is -1.98. The molecule has 1 heterocycles. The third-order valence-electron chi connectivity index (χ3n) is 4.87. The van der Waals surface area contributed by atoms with Gasteiger partial charge >= 0.3 is 0 Å². The molecular weight excluding hydrogens is 364 g/mol. The first-order valence-electron chi connectivity index (χ1n) is 9.02. The van der Waals surface area contributed by atoms with Crippen LogP contribution in [0.3, 0.4) is 0 Å². The van der Waals surface area contributed by atoms with Crippen molar-refractivity contribution in [2.24, 2.45) is 0 Å². The zero-order valence-corrected chi connectivity index (χ0v) is 16.6. The lowest BCUT2D eigenvalue weighted by Gasteiger charge is -2.21. The van der Waals surface area contributed by atoms with Crippen molar-refractivity contribution in [2.45, 2.75) is 25.2 Å². The maximum atomic E-state index is 13.0. The first-order valence-corrected chi connectivity index (χ1v) is 10.5. The third kappa shape index (κ3) is 3.44. The number of hydrogen-bond donors (Lipinski definition) is 0. The summed E-state index contributed by atoms with van der Waals surface area (Å²) in [6.07, 6.45) is 0.623. The molecule has 1 aliphatic heterocycles. The van der Waals surface area contributed by atoms with E-state index >= 15 is 0 Å². The average Bonchev–Trinajstić information content (AvgIpc) is 3.11. The summed E-state index contributed by atoms with van der Waals surface area (Å²) in [6.45, 7) is 5.01. The number of fused-ring (bicyclic) bond motifs is 1. The maximum absolute atomic E-state index is 13.0. The number of rotatable bonds is 6. The number of ether oxygens (including phenoxy) is 1. The summed E-state index contributed by atoms with van der Waals surface area (Å²) in [5.74, 6) is 0.377. The van der Waals surface area contributed by atoms with Gasteiger partial charge in [-0.25, -0.2) is 8.42 Å². The summed E-state index contributed by atoms with van der Waals surface area (Å²) in [4.78, 5) is 14.9. The van der Waals surface area contributed by atoms with Crippen molar-refractivity contribution in [2.75, 3.05) is 31.6 Å². The zero-order valence-electron chi connectivity index (χ0n) is 15.8. The molecule has 3 rings (SSSR count). The standard InChI is InChI=1S/C20H24N2O4S/c1-4-21(5-2)27(24,25)16-10-11-18-15(14-16)12-13-22(18)20(23)17-8-6-7-9-19(17)26-3/h6-11,14H,4-5,12-13H2,1-3H3. The van der Waals surface area contributed by atoms with Crippen LogP contribution >= 0.6 is 0 Å². The summed E-state index contributed by atoms with van der Waals surface area (Å²) < 4.78 is 32.2. The van der Waals surface area contributed by atoms with Crippen LogP contribution in [0.5, 0.6) is 5.75 Å². The lowest BCUT2D eigenvalue weighted by Crippen LogP contribution is -2.31. The molecule has 1 amide bonds. The van der Waals surface area contributed by atoms with Gasteiger partial charge in [0, 0.05) is 25.3 Å². The topological polar surface area (TPSA) is 66.9 Å².